The molecule has 0 aromatic heterocycles. The highest BCUT2D eigenvalue weighted by Crippen LogP contribution is 2.09. The summed E-state index contributed by atoms with van der Waals surface area (Å²) >= 11 is 0. The van der Waals surface area contributed by atoms with Crippen molar-refractivity contribution in [3.05, 3.63) is 0 Å². The normalized spacial score (nSPS) is 24.6. The second-order valence-corrected chi connectivity index (χ2v) is 18.4. The first-order valence-electron chi connectivity index (χ1n) is 25.6. The summed E-state index contributed by atoms with van der Waals surface area (Å²) in [5.41, 5.74) is 34.9. The largest absolute Gasteiger partial charge is 0.459 e. The Morgan fingerprint density at radius 2 is 1.11 bits per heavy atom. The number of nitrogens with one attached hydrogen (secondary N) is 10. The van der Waals surface area contributed by atoms with E-state index in [-0.39, 0.29) is 71.2 Å². The number of unbranched alkanes of at least 4 members (excludes halogenated alkanes) is 4. The molecule has 2 unspecified atom stereocenters. The van der Waals surface area contributed by atoms with E-state index in [1.807, 2.05) is 0 Å². The molecule has 0 aromatic rings. The molecule has 29 heteroatoms. The van der Waals surface area contributed by atoms with Crippen LogP contribution in [0.2, 0.25) is 0 Å². The lowest BCUT2D eigenvalue weighted by atomic mass is 10.1. The minimum atomic E-state index is -1.67. The van der Waals surface area contributed by atoms with Gasteiger partial charge in [0.05, 0.1) is 6.10 Å². The standard InChI is InChI=1S/C46H86N16O13/c1-6-7-8-9-10-11-34(64)56-28(12-18-47)43(71)62-36(26(4)63)45(73)60-31(15-21-50)40(68)59-32-17-23-53-44(72)35(52)27(5)75-46(74)33(16-22-51)61-41(69)30(14-20-49)57-38(66)25(3)54-37(65)24(2)55-39(67)29(13-19-48)58-42(32)70/h24-33,35-36,63H,6-23,47-52H2,1-5H3,(H,53,72)(H,54,65)(H,55,67)(H,56,64)(H,57,66)(H,58,70)(H,59,68)(H,60,73)(H,61,69)(H,62,71)/t24-,25+,26-,27-,28+,29?,30+,31+,32?,33+,35+,36+/m1/s1. The predicted octanol–water partition coefficient (Wildman–Crippen LogP) is -7.35. The fraction of sp³-hybridized carbons (Fsp3) is 0.761. The Balaban J connectivity index is 3.56. The van der Waals surface area contributed by atoms with Crippen molar-refractivity contribution in [1.29, 1.82) is 0 Å². The molecule has 1 rings (SSSR count). The third-order valence-corrected chi connectivity index (χ3v) is 12.0. The van der Waals surface area contributed by atoms with Crippen molar-refractivity contribution in [3.8, 4) is 0 Å². The monoisotopic (exact) mass is 1070 g/mol. The van der Waals surface area contributed by atoms with Crippen molar-refractivity contribution in [3.63, 3.8) is 0 Å². The molecule has 0 spiro atoms. The summed E-state index contributed by atoms with van der Waals surface area (Å²) < 4.78 is 5.44. The van der Waals surface area contributed by atoms with Gasteiger partial charge in [-0.2, -0.15) is 0 Å². The molecule has 23 N–H and O–H groups in total. The maximum Gasteiger partial charge on any atom is 0.329 e. The van der Waals surface area contributed by atoms with Gasteiger partial charge in [-0.05, 0) is 105 Å². The number of carbonyl (C=O) groups excluding carboxylic acids is 11. The molecule has 0 aliphatic carbocycles. The molecule has 1 saturated heterocycles. The van der Waals surface area contributed by atoms with Gasteiger partial charge >= 0.3 is 5.97 Å². The van der Waals surface area contributed by atoms with E-state index < -0.39 is 151 Å². The summed E-state index contributed by atoms with van der Waals surface area (Å²) in [5, 5.41) is 35.4. The molecular formula is C46H86N16O13. The molecule has 1 aliphatic heterocycles. The fourth-order valence-corrected chi connectivity index (χ4v) is 7.41. The first-order chi connectivity index (χ1) is 35.5. The number of rotatable bonds is 24. The topological polar surface area (TPSA) is 494 Å². The molecule has 1 aliphatic rings. The van der Waals surface area contributed by atoms with E-state index in [2.05, 4.69) is 60.1 Å². The number of cyclic esters (lactones) is 1. The van der Waals surface area contributed by atoms with Crippen molar-refractivity contribution in [2.75, 3.05) is 39.3 Å². The highest BCUT2D eigenvalue weighted by molar-refractivity contribution is 5.98. The van der Waals surface area contributed by atoms with Crippen LogP contribution in [0.3, 0.4) is 0 Å². The Morgan fingerprint density at radius 3 is 1.65 bits per heavy atom. The third kappa shape index (κ3) is 24.4. The van der Waals surface area contributed by atoms with E-state index in [1.54, 1.807) is 0 Å². The Labute approximate surface area is 437 Å². The molecule has 1 heterocycles. The number of ether oxygens (including phenoxy) is 1. The SMILES string of the molecule is CCCCCCCC(=O)N[C@@H](CCN)C(=O)N[C@H](C(=O)N[C@@H](CCN)C(=O)NC1CCNC(=O)[C@@H](N)[C@@H](C)OC(=O)[C@H](CCN)NC(=O)[C@H](CCN)NC(=O)[C@H](C)NC(=O)[C@@H](C)NC(=O)C(CCN)NC1=O)[C@@H](C)O. The zero-order valence-electron chi connectivity index (χ0n) is 44.0. The lowest BCUT2D eigenvalue weighted by Crippen LogP contribution is -2.62. The zero-order chi connectivity index (χ0) is 56.8. The first kappa shape index (κ1) is 66.9. The highest BCUT2D eigenvalue weighted by Gasteiger charge is 2.36. The maximum absolute atomic E-state index is 14.1. The highest BCUT2D eigenvalue weighted by atomic mass is 16.5. The van der Waals surface area contributed by atoms with Gasteiger partial charge in [-0.1, -0.05) is 32.6 Å². The summed E-state index contributed by atoms with van der Waals surface area (Å²) in [7, 11) is 0. The number of amides is 10. The number of aliphatic hydroxyl groups excluding tert-OH is 1. The molecule has 12 atom stereocenters. The van der Waals surface area contributed by atoms with E-state index >= 15 is 0 Å². The molecule has 0 bridgehead atoms. The number of aliphatic hydroxyl groups is 1. The van der Waals surface area contributed by atoms with Gasteiger partial charge in [-0.3, -0.25) is 47.9 Å². The van der Waals surface area contributed by atoms with Gasteiger partial charge in [-0.25, -0.2) is 4.79 Å². The molecule has 75 heavy (non-hydrogen) atoms. The minimum Gasteiger partial charge on any atom is -0.459 e. The Morgan fingerprint density at radius 1 is 0.613 bits per heavy atom. The number of nitrogens with two attached hydrogens (primary N) is 6. The lowest BCUT2D eigenvalue weighted by molar-refractivity contribution is -0.154. The summed E-state index contributed by atoms with van der Waals surface area (Å²) in [5.74, 6) is -9.65. The fourth-order valence-electron chi connectivity index (χ4n) is 7.41. The minimum absolute atomic E-state index is 0.00324. The molecule has 10 amide bonds. The van der Waals surface area contributed by atoms with E-state index in [4.69, 9.17) is 39.1 Å². The lowest BCUT2D eigenvalue weighted by Gasteiger charge is -2.28. The Hall–Kier alpha value is -6.11. The smallest absolute Gasteiger partial charge is 0.329 e. The van der Waals surface area contributed by atoms with Crippen LogP contribution in [0.4, 0.5) is 0 Å². The number of hydrogen-bond acceptors (Lipinski definition) is 19. The van der Waals surface area contributed by atoms with Crippen LogP contribution in [0.1, 0.15) is 112 Å². The summed E-state index contributed by atoms with van der Waals surface area (Å²) in [6, 6.07) is -14.2. The summed E-state index contributed by atoms with van der Waals surface area (Å²) in [6.45, 7) is 6.19. The predicted molar refractivity (Wildman–Crippen MR) is 273 cm³/mol. The number of esters is 1. The van der Waals surface area contributed by atoms with Gasteiger partial charge in [0.15, 0.2) is 0 Å². The van der Waals surface area contributed by atoms with Gasteiger partial charge in [0, 0.05) is 13.0 Å². The number of hydrogen-bond donors (Lipinski definition) is 17. The van der Waals surface area contributed by atoms with Crippen molar-refractivity contribution in [1.82, 2.24) is 53.2 Å². The molecule has 428 valence electrons. The van der Waals surface area contributed by atoms with Crippen LogP contribution in [-0.4, -0.2) is 182 Å². The Bertz CT molecular complexity index is 1900. The van der Waals surface area contributed by atoms with Gasteiger partial charge in [-0.15, -0.1) is 0 Å². The molecule has 1 fully saturated rings. The first-order valence-corrected chi connectivity index (χ1v) is 25.6. The second-order valence-electron chi connectivity index (χ2n) is 18.4. The van der Waals surface area contributed by atoms with Crippen molar-refractivity contribution >= 4 is 65.0 Å². The maximum atomic E-state index is 14.1. The molecule has 0 radical (unpaired) electrons. The Kier molecular flexibility index (Phi) is 32.1. The molecule has 29 nitrogen and oxygen atoms in total. The van der Waals surface area contributed by atoms with Crippen LogP contribution in [0, 0.1) is 0 Å². The number of carbonyl (C=O) groups is 11. The van der Waals surface area contributed by atoms with Crippen molar-refractivity contribution < 1.29 is 62.6 Å². The average molecular weight is 1070 g/mol. The van der Waals surface area contributed by atoms with E-state index in [1.165, 1.54) is 27.7 Å². The van der Waals surface area contributed by atoms with Crippen LogP contribution < -0.4 is 87.6 Å². The summed E-state index contributed by atoms with van der Waals surface area (Å²) in [4.78, 5) is 148. The van der Waals surface area contributed by atoms with Crippen molar-refractivity contribution in [2.45, 2.75) is 184 Å². The van der Waals surface area contributed by atoms with Gasteiger partial charge in [0.2, 0.25) is 59.1 Å². The van der Waals surface area contributed by atoms with Crippen LogP contribution in [0.5, 0.6) is 0 Å². The third-order valence-electron chi connectivity index (χ3n) is 12.0. The quantitative estimate of drug-likeness (QED) is 0.0315. The van der Waals surface area contributed by atoms with Gasteiger partial charge in [0.1, 0.15) is 66.5 Å². The average Bonchev–Trinajstić information content (AvgIpc) is 3.35. The van der Waals surface area contributed by atoms with E-state index in [0.29, 0.717) is 6.42 Å². The van der Waals surface area contributed by atoms with E-state index in [0.717, 1.165) is 25.7 Å². The summed E-state index contributed by atoms with van der Waals surface area (Å²) in [6.07, 6.45) is 0.609. The van der Waals surface area contributed by atoms with Crippen molar-refractivity contribution in [2.24, 2.45) is 34.4 Å². The molecule has 0 aromatic carbocycles. The molecular weight excluding hydrogens is 985 g/mol. The van der Waals surface area contributed by atoms with Crippen LogP contribution in [0.15, 0.2) is 0 Å². The second kappa shape index (κ2) is 36.0. The van der Waals surface area contributed by atoms with Crippen LogP contribution in [0.25, 0.3) is 0 Å². The zero-order valence-corrected chi connectivity index (χ0v) is 44.0. The van der Waals surface area contributed by atoms with Crippen LogP contribution in [-0.2, 0) is 57.5 Å². The van der Waals surface area contributed by atoms with E-state index in [9.17, 15) is 57.8 Å². The van der Waals surface area contributed by atoms with Gasteiger partial charge < -0.3 is 97.4 Å². The van der Waals surface area contributed by atoms with Gasteiger partial charge in [0.25, 0.3) is 0 Å². The van der Waals surface area contributed by atoms with Crippen LogP contribution >= 0.6 is 0 Å². The molecule has 0 saturated carbocycles.